The molecule has 0 heterocycles. The van der Waals surface area contributed by atoms with Crippen LogP contribution in [0.15, 0.2) is 322 Å². The lowest BCUT2D eigenvalue weighted by molar-refractivity contribution is 0.0198. The number of halogens is 7. The Kier molecular flexibility index (Phi) is 43.4. The number of hydrogen-bond acceptors (Lipinski definition) is 0. The van der Waals surface area contributed by atoms with E-state index >= 15 is 0 Å². The van der Waals surface area contributed by atoms with Gasteiger partial charge < -0.3 is 0 Å². The lowest BCUT2D eigenvalue weighted by Gasteiger charge is -2.49. The minimum Gasteiger partial charge on any atom is -0.207 e. The zero-order valence-corrected chi connectivity index (χ0v) is 61.3. The van der Waals surface area contributed by atoms with Gasteiger partial charge in [0, 0.05) is 12.1 Å². The van der Waals surface area contributed by atoms with Crippen molar-refractivity contribution in [2.75, 3.05) is 0 Å². The Bertz CT molecular complexity index is 3280. The van der Waals surface area contributed by atoms with Gasteiger partial charge in [-0.2, -0.15) is 0 Å². The number of benzene rings is 12. The van der Waals surface area contributed by atoms with Gasteiger partial charge in [-0.05, 0) is 206 Å². The maximum atomic E-state index is 11.9. The molecule has 0 spiro atoms. The molecule has 0 saturated heterocycles. The first-order chi connectivity index (χ1) is 48.4. The summed E-state index contributed by atoms with van der Waals surface area (Å²) < 4.78 is 83.4. The molecule has 4 aliphatic rings. The molecule has 0 atom stereocenters. The highest BCUT2D eigenvalue weighted by molar-refractivity contribution is 5.28. The van der Waals surface area contributed by atoms with Gasteiger partial charge in [0.2, 0.25) is 0 Å². The van der Waals surface area contributed by atoms with E-state index < -0.39 is 23.3 Å². The Balaban J connectivity index is 0.000000285. The van der Waals surface area contributed by atoms with Gasteiger partial charge in [-0.15, -0.1) is 0 Å². The molecule has 101 heavy (non-hydrogen) atoms. The highest BCUT2D eigenvalue weighted by Gasteiger charge is 2.41. The third-order valence-corrected chi connectivity index (χ3v) is 15.5. The van der Waals surface area contributed by atoms with Crippen molar-refractivity contribution >= 4 is 0 Å². The maximum absolute atomic E-state index is 11.9. The Morgan fingerprint density at radius 2 is 0.287 bits per heavy atom. The van der Waals surface area contributed by atoms with Crippen LogP contribution in [0.4, 0.5) is 30.7 Å². The molecule has 4 saturated carbocycles. The van der Waals surface area contributed by atoms with E-state index in [1.807, 2.05) is 54.6 Å². The molecule has 0 amide bonds. The summed E-state index contributed by atoms with van der Waals surface area (Å²) >= 11 is 0. The molecular weight excluding hydrogens is 1260 g/mol. The van der Waals surface area contributed by atoms with Crippen LogP contribution in [0.25, 0.3) is 0 Å². The van der Waals surface area contributed by atoms with Gasteiger partial charge in [-0.1, -0.05) is 315 Å². The SMILES string of the molecule is C1C2CC3CC1CC(C2)C3.Cc1cc(C)cc(C)c1.Cc1cccc(C)c1.Cc1cccc(C)c1.Cc1cccc(C)c1.Cc1ccccc1.Cc1ccccc1.Cc1ccccc1.Fc1cccc(F)c1.Fc1cccc(F)c1.Fc1ccccc1.Fc1ccccc1.Fc1ccccc1. The van der Waals surface area contributed by atoms with Gasteiger partial charge in [-0.3, -0.25) is 0 Å². The van der Waals surface area contributed by atoms with Crippen LogP contribution in [-0.4, -0.2) is 0 Å². The fourth-order valence-corrected chi connectivity index (χ4v) is 11.4. The lowest BCUT2D eigenvalue weighted by Crippen LogP contribution is -2.38. The van der Waals surface area contributed by atoms with Crippen LogP contribution in [0.1, 0.15) is 105 Å². The average molecular weight is 1370 g/mol. The topological polar surface area (TPSA) is 0 Å². The van der Waals surface area contributed by atoms with Crippen LogP contribution in [0.5, 0.6) is 0 Å². The Morgan fingerprint density at radius 3 is 0.396 bits per heavy atom. The number of aryl methyl sites for hydroxylation is 12. The minimum atomic E-state index is -0.537. The first-order valence-corrected chi connectivity index (χ1v) is 34.5. The summed E-state index contributed by atoms with van der Waals surface area (Å²) in [6, 6.07) is 95.6. The zero-order chi connectivity index (χ0) is 74.0. The van der Waals surface area contributed by atoms with Gasteiger partial charge in [0.05, 0.1) is 0 Å². The van der Waals surface area contributed by atoms with Crippen LogP contribution in [0.2, 0.25) is 0 Å². The van der Waals surface area contributed by atoms with E-state index in [-0.39, 0.29) is 17.5 Å². The van der Waals surface area contributed by atoms with Crippen molar-refractivity contribution in [1.82, 2.24) is 0 Å². The second kappa shape index (κ2) is 51.3. The van der Waals surface area contributed by atoms with Crippen LogP contribution in [-0.2, 0) is 0 Å². The fraction of sp³-hybridized carbons (Fsp3) is 0.234. The van der Waals surface area contributed by atoms with Gasteiger partial charge in [0.1, 0.15) is 40.7 Å². The third-order valence-electron chi connectivity index (χ3n) is 15.5. The van der Waals surface area contributed by atoms with E-state index in [2.05, 4.69) is 210 Å². The van der Waals surface area contributed by atoms with Gasteiger partial charge >= 0.3 is 0 Å². The van der Waals surface area contributed by atoms with Crippen LogP contribution in [0, 0.1) is 147 Å². The molecule has 16 rings (SSSR count). The molecule has 4 fully saturated rings. The monoisotopic (exact) mass is 1370 g/mol. The van der Waals surface area contributed by atoms with Gasteiger partial charge in [0.25, 0.3) is 0 Å². The minimum absolute atomic E-state index is 0.178. The summed E-state index contributed by atoms with van der Waals surface area (Å²) in [5.41, 5.74) is 16.1. The lowest BCUT2D eigenvalue weighted by atomic mass is 9.56. The average Bonchev–Trinajstić information content (AvgIpc) is 0.795. The molecule has 0 N–H and O–H groups in total. The fourth-order valence-electron chi connectivity index (χ4n) is 11.4. The smallest absolute Gasteiger partial charge is 0.126 e. The van der Waals surface area contributed by atoms with Crippen LogP contribution in [0.3, 0.4) is 0 Å². The molecule has 0 radical (unpaired) electrons. The van der Waals surface area contributed by atoms with E-state index in [1.54, 1.807) is 93.1 Å². The summed E-state index contributed by atoms with van der Waals surface area (Å²) in [5.74, 6) is 2.03. The molecule has 530 valence electrons. The highest BCUT2D eigenvalue weighted by atomic mass is 19.2. The van der Waals surface area contributed by atoms with Crippen molar-refractivity contribution < 1.29 is 30.7 Å². The Hall–Kier alpha value is -9.85. The number of rotatable bonds is 0. The van der Waals surface area contributed by atoms with E-state index in [4.69, 9.17) is 0 Å². The van der Waals surface area contributed by atoms with Crippen molar-refractivity contribution in [3.8, 4) is 0 Å². The molecule has 4 bridgehead atoms. The molecule has 0 aromatic heterocycles. The second-order valence-corrected chi connectivity index (χ2v) is 25.7. The molecular formula is C94H105F7. The third kappa shape index (κ3) is 45.4. The van der Waals surface area contributed by atoms with Crippen molar-refractivity contribution in [3.63, 3.8) is 0 Å². The molecule has 4 aliphatic carbocycles. The summed E-state index contributed by atoms with van der Waals surface area (Å²) in [5, 5.41) is 0. The van der Waals surface area contributed by atoms with E-state index in [9.17, 15) is 30.7 Å². The molecule has 7 heteroatoms. The van der Waals surface area contributed by atoms with Crippen molar-refractivity contribution in [2.45, 2.75) is 122 Å². The van der Waals surface area contributed by atoms with E-state index in [0.717, 1.165) is 12.1 Å². The standard InChI is InChI=1S/C10H16.C9H12.3C8H10.3C7H8.2C6H4F2.3C6H5F/c1-7-2-9-4-8(1)5-10(3-7)6-9;1-7-4-8(2)6-9(3)5-7;3*1-7-4-3-5-8(2)6-7;3*1-7-5-3-2-4-6-7;2*7-5-2-1-3-6(8)4-5;3*7-6-4-2-1-3-5-6/h7-10H,1-6H2;4-6H,1-3H3;3*3-6H,1-2H3;3*2-6H,1H3;2*1-4H;3*1-5H. The highest BCUT2D eigenvalue weighted by Crippen LogP contribution is 2.53. The van der Waals surface area contributed by atoms with E-state index in [0.29, 0.717) is 0 Å². The van der Waals surface area contributed by atoms with Gasteiger partial charge in [-0.25, -0.2) is 30.7 Å². The molecule has 12 aromatic carbocycles. The van der Waals surface area contributed by atoms with Crippen molar-refractivity contribution in [2.24, 2.45) is 23.7 Å². The zero-order valence-electron chi connectivity index (χ0n) is 61.3. The summed E-state index contributed by atoms with van der Waals surface area (Å²) in [6.45, 7) is 25.2. The number of hydrogen-bond donors (Lipinski definition) is 0. The molecule has 0 aliphatic heterocycles. The summed E-state index contributed by atoms with van der Waals surface area (Å²) in [7, 11) is 0. The largest absolute Gasteiger partial charge is 0.207 e. The summed E-state index contributed by atoms with van der Waals surface area (Å²) in [4.78, 5) is 0. The van der Waals surface area contributed by atoms with Gasteiger partial charge in [0.15, 0.2) is 0 Å². The Labute approximate surface area is 601 Å². The van der Waals surface area contributed by atoms with Crippen LogP contribution < -0.4 is 0 Å². The molecule has 0 unspecified atom stereocenters. The van der Waals surface area contributed by atoms with E-state index in [1.165, 1.54) is 163 Å². The normalized spacial score (nSPS) is 13.9. The molecule has 12 aromatic rings. The van der Waals surface area contributed by atoms with Crippen LogP contribution >= 0.6 is 0 Å². The predicted molar refractivity (Wildman–Crippen MR) is 416 cm³/mol. The quantitative estimate of drug-likeness (QED) is 0.133. The first kappa shape index (κ1) is 85.4. The summed E-state index contributed by atoms with van der Waals surface area (Å²) in [6.07, 6.45) is 9.62. The van der Waals surface area contributed by atoms with Crippen molar-refractivity contribution in [1.29, 1.82) is 0 Å². The predicted octanol–water partition coefficient (Wildman–Crippen LogP) is 27.7. The second-order valence-electron chi connectivity index (χ2n) is 25.7. The first-order valence-electron chi connectivity index (χ1n) is 34.5. The Morgan fingerprint density at radius 1 is 0.149 bits per heavy atom. The molecule has 0 nitrogen and oxygen atoms in total. The maximum Gasteiger partial charge on any atom is 0.126 e. The van der Waals surface area contributed by atoms with Crippen molar-refractivity contribution in [3.05, 3.63) is 429 Å².